The van der Waals surface area contributed by atoms with E-state index in [1.54, 1.807) is 0 Å². The van der Waals surface area contributed by atoms with Gasteiger partial charge in [-0.25, -0.2) is 12.7 Å². The van der Waals surface area contributed by atoms with Crippen molar-refractivity contribution in [1.29, 1.82) is 0 Å². The highest BCUT2D eigenvalue weighted by Crippen LogP contribution is 2.34. The quantitative estimate of drug-likeness (QED) is 0.533. The van der Waals surface area contributed by atoms with Crippen LogP contribution in [0.1, 0.15) is 23.2 Å². The Morgan fingerprint density at radius 3 is 2.30 bits per heavy atom. The largest absolute Gasteiger partial charge is 0.493 e. The first-order valence-electron chi connectivity index (χ1n) is 8.31. The van der Waals surface area contributed by atoms with Gasteiger partial charge in [-0.2, -0.15) is 0 Å². The molecule has 1 saturated heterocycles. The number of methoxy groups -OCH3 is 2. The van der Waals surface area contributed by atoms with Crippen LogP contribution in [0, 0.1) is 16.0 Å². The summed E-state index contributed by atoms with van der Waals surface area (Å²) in [5, 5.41) is 14.0. The first-order chi connectivity index (χ1) is 12.7. The lowest BCUT2D eigenvalue weighted by Crippen LogP contribution is -2.41. The molecular weight excluding hydrogens is 378 g/mol. The Morgan fingerprint density at radius 1 is 1.26 bits per heavy atom. The highest BCUT2D eigenvalue weighted by atomic mass is 32.2. The maximum absolute atomic E-state index is 12.5. The molecule has 11 heteroatoms. The van der Waals surface area contributed by atoms with Crippen LogP contribution in [0.4, 0.5) is 5.69 Å². The zero-order chi connectivity index (χ0) is 20.2. The van der Waals surface area contributed by atoms with Crippen molar-refractivity contribution < 1.29 is 27.6 Å². The average molecular weight is 401 g/mol. The van der Waals surface area contributed by atoms with Gasteiger partial charge in [0.1, 0.15) is 5.56 Å². The molecule has 1 heterocycles. The van der Waals surface area contributed by atoms with Gasteiger partial charge in [-0.05, 0) is 18.8 Å². The number of carbonyl (C=O) groups is 1. The summed E-state index contributed by atoms with van der Waals surface area (Å²) in [6.07, 6.45) is 2.40. The van der Waals surface area contributed by atoms with Gasteiger partial charge in [-0.1, -0.05) is 0 Å². The number of amides is 1. The van der Waals surface area contributed by atoms with E-state index in [2.05, 4.69) is 5.32 Å². The molecule has 0 spiro atoms. The molecule has 0 radical (unpaired) electrons. The summed E-state index contributed by atoms with van der Waals surface area (Å²) in [6.45, 7) is 1.10. The zero-order valence-electron chi connectivity index (χ0n) is 15.4. The molecule has 150 valence electrons. The minimum absolute atomic E-state index is 0.103. The Labute approximate surface area is 157 Å². The van der Waals surface area contributed by atoms with E-state index in [-0.39, 0.29) is 28.7 Å². The predicted molar refractivity (Wildman–Crippen MR) is 97.7 cm³/mol. The summed E-state index contributed by atoms with van der Waals surface area (Å²) in [5.41, 5.74) is -0.497. The number of hydrogen-bond donors (Lipinski definition) is 1. The molecule has 1 fully saturated rings. The number of hydrogen-bond acceptors (Lipinski definition) is 7. The third kappa shape index (κ3) is 5.07. The molecule has 1 aliphatic rings. The van der Waals surface area contributed by atoms with Crippen molar-refractivity contribution in [2.45, 2.75) is 12.8 Å². The van der Waals surface area contributed by atoms with Crippen LogP contribution in [0.5, 0.6) is 11.5 Å². The van der Waals surface area contributed by atoms with Crippen molar-refractivity contribution in [3.63, 3.8) is 0 Å². The van der Waals surface area contributed by atoms with E-state index < -0.39 is 20.9 Å². The summed E-state index contributed by atoms with van der Waals surface area (Å²) in [5.74, 6) is -0.108. The van der Waals surface area contributed by atoms with Crippen LogP contribution in [0.25, 0.3) is 0 Å². The van der Waals surface area contributed by atoms with E-state index in [1.165, 1.54) is 30.8 Å². The second kappa shape index (κ2) is 8.53. The second-order valence-corrected chi connectivity index (χ2v) is 8.28. The summed E-state index contributed by atoms with van der Waals surface area (Å²) >= 11 is 0. The van der Waals surface area contributed by atoms with Crippen molar-refractivity contribution in [3.05, 3.63) is 27.8 Å². The number of ether oxygens (including phenoxy) is 2. The number of nitrogens with one attached hydrogen (secondary N) is 1. The number of rotatable bonds is 7. The fourth-order valence-electron chi connectivity index (χ4n) is 2.98. The zero-order valence-corrected chi connectivity index (χ0v) is 16.2. The monoisotopic (exact) mass is 401 g/mol. The van der Waals surface area contributed by atoms with E-state index in [0.717, 1.165) is 6.07 Å². The Kier molecular flexibility index (Phi) is 6.60. The normalized spacial score (nSPS) is 16.0. The number of benzene rings is 1. The van der Waals surface area contributed by atoms with Crippen molar-refractivity contribution in [2.24, 2.45) is 5.92 Å². The molecule has 10 nitrogen and oxygen atoms in total. The third-order valence-electron chi connectivity index (χ3n) is 4.54. The Morgan fingerprint density at radius 2 is 1.81 bits per heavy atom. The summed E-state index contributed by atoms with van der Waals surface area (Å²) in [7, 11) is -0.480. The predicted octanol–water partition coefficient (Wildman–Crippen LogP) is 1.01. The molecule has 1 amide bonds. The molecule has 1 N–H and O–H groups in total. The topological polar surface area (TPSA) is 128 Å². The molecule has 0 bridgehead atoms. The molecule has 0 aromatic heterocycles. The Bertz CT molecular complexity index is 818. The molecular formula is C16H23N3O7S. The SMILES string of the molecule is COc1cc(C(=O)NCC2CCN(S(C)(=O)=O)CC2)c([N+](=O)[O-])cc1OC. The number of nitro groups is 1. The molecule has 1 aromatic carbocycles. The van der Waals surface area contributed by atoms with Gasteiger partial charge in [0.15, 0.2) is 11.5 Å². The second-order valence-electron chi connectivity index (χ2n) is 6.30. The molecule has 0 unspecified atom stereocenters. The molecule has 0 atom stereocenters. The highest BCUT2D eigenvalue weighted by Gasteiger charge is 2.27. The lowest BCUT2D eigenvalue weighted by atomic mass is 9.98. The summed E-state index contributed by atoms with van der Waals surface area (Å²) < 4.78 is 34.6. The van der Waals surface area contributed by atoms with E-state index in [9.17, 15) is 23.3 Å². The lowest BCUT2D eigenvalue weighted by molar-refractivity contribution is -0.385. The van der Waals surface area contributed by atoms with Gasteiger partial charge in [-0.3, -0.25) is 14.9 Å². The first-order valence-corrected chi connectivity index (χ1v) is 10.2. The van der Waals surface area contributed by atoms with E-state index in [4.69, 9.17) is 9.47 Å². The smallest absolute Gasteiger partial charge is 0.286 e. The van der Waals surface area contributed by atoms with Gasteiger partial charge in [0.25, 0.3) is 11.6 Å². The van der Waals surface area contributed by atoms with E-state index >= 15 is 0 Å². The van der Waals surface area contributed by atoms with Gasteiger partial charge >= 0.3 is 0 Å². The molecule has 27 heavy (non-hydrogen) atoms. The number of piperidine rings is 1. The van der Waals surface area contributed by atoms with Gasteiger partial charge in [0, 0.05) is 25.7 Å². The highest BCUT2D eigenvalue weighted by molar-refractivity contribution is 7.88. The third-order valence-corrected chi connectivity index (χ3v) is 5.84. The maximum atomic E-state index is 12.5. The average Bonchev–Trinajstić information content (AvgIpc) is 2.64. The molecule has 1 aliphatic heterocycles. The Balaban J connectivity index is 2.07. The minimum atomic E-state index is -3.21. The Hall–Kier alpha value is -2.40. The number of nitro benzene ring substituents is 1. The van der Waals surface area contributed by atoms with Gasteiger partial charge < -0.3 is 14.8 Å². The van der Waals surface area contributed by atoms with Crippen LogP contribution < -0.4 is 14.8 Å². The fourth-order valence-corrected chi connectivity index (χ4v) is 3.85. The van der Waals surface area contributed by atoms with Gasteiger partial charge in [0.05, 0.1) is 31.5 Å². The van der Waals surface area contributed by atoms with Crippen molar-refractivity contribution in [2.75, 3.05) is 40.1 Å². The first kappa shape index (κ1) is 20.9. The fraction of sp³-hybridized carbons (Fsp3) is 0.562. The van der Waals surface area contributed by atoms with Crippen LogP contribution in [-0.2, 0) is 10.0 Å². The summed E-state index contributed by atoms with van der Waals surface area (Å²) in [4.78, 5) is 23.1. The van der Waals surface area contributed by atoms with Gasteiger partial charge in [-0.15, -0.1) is 0 Å². The molecule has 0 saturated carbocycles. The van der Waals surface area contributed by atoms with Crippen molar-refractivity contribution in [1.82, 2.24) is 9.62 Å². The van der Waals surface area contributed by atoms with E-state index in [1.807, 2.05) is 0 Å². The number of nitrogens with zero attached hydrogens (tertiary/aromatic N) is 2. The van der Waals surface area contributed by atoms with Crippen LogP contribution in [0.2, 0.25) is 0 Å². The van der Waals surface area contributed by atoms with Crippen molar-refractivity contribution >= 4 is 21.6 Å². The van der Waals surface area contributed by atoms with Crippen LogP contribution >= 0.6 is 0 Å². The van der Waals surface area contributed by atoms with E-state index in [0.29, 0.717) is 32.5 Å². The minimum Gasteiger partial charge on any atom is -0.493 e. The van der Waals surface area contributed by atoms with Gasteiger partial charge in [0.2, 0.25) is 10.0 Å². The maximum Gasteiger partial charge on any atom is 0.286 e. The number of carbonyl (C=O) groups excluding carboxylic acids is 1. The molecule has 1 aromatic rings. The van der Waals surface area contributed by atoms with Crippen LogP contribution in [0.3, 0.4) is 0 Å². The lowest BCUT2D eigenvalue weighted by Gasteiger charge is -2.30. The van der Waals surface area contributed by atoms with Crippen molar-refractivity contribution in [3.8, 4) is 11.5 Å². The molecule has 2 rings (SSSR count). The number of sulfonamides is 1. The van der Waals surface area contributed by atoms with Crippen LogP contribution in [-0.4, -0.2) is 63.7 Å². The molecule has 0 aliphatic carbocycles. The summed E-state index contributed by atoms with van der Waals surface area (Å²) in [6, 6.07) is 2.43. The van der Waals surface area contributed by atoms with Crippen LogP contribution in [0.15, 0.2) is 12.1 Å². The standard InChI is InChI=1S/C16H23N3O7S/c1-25-14-8-12(13(19(21)22)9-15(14)26-2)16(20)17-10-11-4-6-18(7-5-11)27(3,23)24/h8-9,11H,4-7,10H2,1-3H3,(H,17,20).